The van der Waals surface area contributed by atoms with Crippen molar-refractivity contribution in [3.63, 3.8) is 0 Å². The lowest BCUT2D eigenvalue weighted by atomic mass is 9.83. The molecule has 1 N–H and O–H groups in total. The number of methoxy groups -OCH3 is 1. The lowest BCUT2D eigenvalue weighted by molar-refractivity contribution is -0.125. The minimum absolute atomic E-state index is 0.102. The van der Waals surface area contributed by atoms with Crippen LogP contribution in [0.5, 0.6) is 5.75 Å². The Labute approximate surface area is 130 Å². The maximum absolute atomic E-state index is 13.0. The number of rotatable bonds is 5. The minimum atomic E-state index is -0.722. The third kappa shape index (κ3) is 3.64. The van der Waals surface area contributed by atoms with Gasteiger partial charge in [0.1, 0.15) is 11.6 Å². The van der Waals surface area contributed by atoms with Gasteiger partial charge in [0, 0.05) is 6.54 Å². The second-order valence-corrected chi connectivity index (χ2v) is 5.66. The van der Waals surface area contributed by atoms with Gasteiger partial charge < -0.3 is 10.1 Å². The number of halogens is 1. The summed E-state index contributed by atoms with van der Waals surface area (Å²) in [4.78, 5) is 12.4. The average Bonchev–Trinajstić information content (AvgIpc) is 2.53. The van der Waals surface area contributed by atoms with Crippen LogP contribution in [-0.2, 0) is 16.8 Å². The molecular formula is C18H20FNO2. The molecule has 0 aliphatic heterocycles. The van der Waals surface area contributed by atoms with Crippen molar-refractivity contribution >= 4 is 5.91 Å². The fourth-order valence-electron chi connectivity index (χ4n) is 2.14. The van der Waals surface area contributed by atoms with Gasteiger partial charge >= 0.3 is 0 Å². The summed E-state index contributed by atoms with van der Waals surface area (Å²) in [6.07, 6.45) is 0. The maximum Gasteiger partial charge on any atom is 0.230 e. The second-order valence-electron chi connectivity index (χ2n) is 5.66. The summed E-state index contributed by atoms with van der Waals surface area (Å²) in [7, 11) is 1.61. The van der Waals surface area contributed by atoms with Crippen LogP contribution >= 0.6 is 0 Å². The van der Waals surface area contributed by atoms with Crippen LogP contribution in [0.1, 0.15) is 25.0 Å². The van der Waals surface area contributed by atoms with Gasteiger partial charge in [-0.25, -0.2) is 4.39 Å². The molecule has 2 aromatic rings. The number of hydrogen-bond acceptors (Lipinski definition) is 2. The van der Waals surface area contributed by atoms with E-state index in [1.165, 1.54) is 12.1 Å². The van der Waals surface area contributed by atoms with E-state index >= 15 is 0 Å². The molecule has 3 nitrogen and oxygen atoms in total. The van der Waals surface area contributed by atoms with E-state index in [2.05, 4.69) is 5.32 Å². The molecule has 0 atom stereocenters. The monoisotopic (exact) mass is 301 g/mol. The van der Waals surface area contributed by atoms with Crippen molar-refractivity contribution in [1.82, 2.24) is 5.32 Å². The topological polar surface area (TPSA) is 38.3 Å². The first-order valence-corrected chi connectivity index (χ1v) is 7.11. The first kappa shape index (κ1) is 16.0. The van der Waals surface area contributed by atoms with Crippen LogP contribution in [0.3, 0.4) is 0 Å². The molecule has 0 fully saturated rings. The van der Waals surface area contributed by atoms with Crippen LogP contribution in [0.15, 0.2) is 48.5 Å². The number of carbonyl (C=O) groups is 1. The summed E-state index contributed by atoms with van der Waals surface area (Å²) in [5.74, 6) is 0.370. The van der Waals surface area contributed by atoms with E-state index in [1.807, 2.05) is 38.1 Å². The molecule has 0 saturated heterocycles. The number of carbonyl (C=O) groups excluding carboxylic acids is 1. The van der Waals surface area contributed by atoms with E-state index < -0.39 is 5.41 Å². The molecule has 0 aliphatic carbocycles. The van der Waals surface area contributed by atoms with Crippen molar-refractivity contribution in [2.45, 2.75) is 25.8 Å². The quantitative estimate of drug-likeness (QED) is 0.919. The van der Waals surface area contributed by atoms with E-state index in [0.717, 1.165) is 16.9 Å². The van der Waals surface area contributed by atoms with Crippen LogP contribution in [0.4, 0.5) is 4.39 Å². The van der Waals surface area contributed by atoms with Crippen molar-refractivity contribution in [2.24, 2.45) is 0 Å². The van der Waals surface area contributed by atoms with E-state index in [1.54, 1.807) is 19.2 Å². The molecule has 0 unspecified atom stereocenters. The van der Waals surface area contributed by atoms with Gasteiger partial charge in [-0.2, -0.15) is 0 Å². The van der Waals surface area contributed by atoms with Crippen LogP contribution in [0.2, 0.25) is 0 Å². The molecule has 0 spiro atoms. The van der Waals surface area contributed by atoms with Crippen molar-refractivity contribution in [3.8, 4) is 5.75 Å². The third-order valence-corrected chi connectivity index (χ3v) is 3.75. The molecule has 116 valence electrons. The first-order chi connectivity index (χ1) is 10.4. The van der Waals surface area contributed by atoms with Gasteiger partial charge in [0.25, 0.3) is 0 Å². The Kier molecular flexibility index (Phi) is 4.81. The van der Waals surface area contributed by atoms with Crippen LogP contribution in [0, 0.1) is 5.82 Å². The Morgan fingerprint density at radius 3 is 2.23 bits per heavy atom. The molecule has 0 bridgehead atoms. The molecule has 0 heterocycles. The molecule has 0 saturated carbocycles. The van der Waals surface area contributed by atoms with E-state index in [0.29, 0.717) is 6.54 Å². The number of benzene rings is 2. The molecule has 22 heavy (non-hydrogen) atoms. The summed E-state index contributed by atoms with van der Waals surface area (Å²) in [5, 5.41) is 2.92. The minimum Gasteiger partial charge on any atom is -0.497 e. The maximum atomic E-state index is 13.0. The number of nitrogens with one attached hydrogen (secondary N) is 1. The molecular weight excluding hydrogens is 281 g/mol. The highest BCUT2D eigenvalue weighted by atomic mass is 19.1. The largest absolute Gasteiger partial charge is 0.497 e. The summed E-state index contributed by atoms with van der Waals surface area (Å²) in [6, 6.07) is 13.5. The van der Waals surface area contributed by atoms with Gasteiger partial charge in [-0.05, 0) is 49.2 Å². The third-order valence-electron chi connectivity index (χ3n) is 3.75. The van der Waals surface area contributed by atoms with Crippen molar-refractivity contribution in [3.05, 3.63) is 65.5 Å². The fourth-order valence-corrected chi connectivity index (χ4v) is 2.14. The van der Waals surface area contributed by atoms with E-state index in [4.69, 9.17) is 4.74 Å². The standard InChI is InChI=1S/C18H20FNO2/c1-18(2,14-6-8-15(19)9-7-14)17(21)20-12-13-4-10-16(22-3)11-5-13/h4-11H,12H2,1-3H3,(H,20,21). The zero-order valence-electron chi connectivity index (χ0n) is 13.0. The summed E-state index contributed by atoms with van der Waals surface area (Å²) in [6.45, 7) is 4.08. The normalized spacial score (nSPS) is 11.1. The Morgan fingerprint density at radius 1 is 1.09 bits per heavy atom. The summed E-state index contributed by atoms with van der Waals surface area (Å²) in [5.41, 5.74) is 1.05. The predicted octanol–water partition coefficient (Wildman–Crippen LogP) is 3.43. The molecule has 0 aromatic heterocycles. The van der Waals surface area contributed by atoms with Gasteiger partial charge in [0.15, 0.2) is 0 Å². The lowest BCUT2D eigenvalue weighted by Crippen LogP contribution is -2.39. The smallest absolute Gasteiger partial charge is 0.230 e. The van der Waals surface area contributed by atoms with Gasteiger partial charge in [0.2, 0.25) is 5.91 Å². The van der Waals surface area contributed by atoms with Gasteiger partial charge in [0.05, 0.1) is 12.5 Å². The molecule has 1 amide bonds. The van der Waals surface area contributed by atoms with Crippen molar-refractivity contribution in [1.29, 1.82) is 0 Å². The van der Waals surface area contributed by atoms with Gasteiger partial charge in [-0.1, -0.05) is 24.3 Å². The first-order valence-electron chi connectivity index (χ1n) is 7.11. The number of hydrogen-bond donors (Lipinski definition) is 1. The predicted molar refractivity (Wildman–Crippen MR) is 84.3 cm³/mol. The lowest BCUT2D eigenvalue weighted by Gasteiger charge is -2.24. The van der Waals surface area contributed by atoms with Crippen molar-refractivity contribution < 1.29 is 13.9 Å². The number of amides is 1. The van der Waals surface area contributed by atoms with Gasteiger partial charge in [-0.15, -0.1) is 0 Å². The number of ether oxygens (including phenoxy) is 1. The van der Waals surface area contributed by atoms with E-state index in [-0.39, 0.29) is 11.7 Å². The molecule has 2 rings (SSSR count). The molecule has 2 aromatic carbocycles. The highest BCUT2D eigenvalue weighted by molar-refractivity contribution is 5.87. The highest BCUT2D eigenvalue weighted by Crippen LogP contribution is 2.23. The van der Waals surface area contributed by atoms with Gasteiger partial charge in [-0.3, -0.25) is 4.79 Å². The summed E-state index contributed by atoms with van der Waals surface area (Å²) < 4.78 is 18.1. The summed E-state index contributed by atoms with van der Waals surface area (Å²) >= 11 is 0. The molecule has 0 aliphatic rings. The van der Waals surface area contributed by atoms with Crippen LogP contribution in [-0.4, -0.2) is 13.0 Å². The van der Waals surface area contributed by atoms with Crippen LogP contribution < -0.4 is 10.1 Å². The Hall–Kier alpha value is -2.36. The Morgan fingerprint density at radius 2 is 1.68 bits per heavy atom. The molecule has 4 heteroatoms. The zero-order chi connectivity index (χ0) is 16.2. The highest BCUT2D eigenvalue weighted by Gasteiger charge is 2.29. The second kappa shape index (κ2) is 6.60. The SMILES string of the molecule is COc1ccc(CNC(=O)C(C)(C)c2ccc(F)cc2)cc1. The van der Waals surface area contributed by atoms with Crippen LogP contribution in [0.25, 0.3) is 0 Å². The fraction of sp³-hybridized carbons (Fsp3) is 0.278. The Balaban J connectivity index is 2.02. The van der Waals surface area contributed by atoms with E-state index in [9.17, 15) is 9.18 Å². The molecule has 0 radical (unpaired) electrons. The average molecular weight is 301 g/mol. The van der Waals surface area contributed by atoms with Crippen molar-refractivity contribution in [2.75, 3.05) is 7.11 Å². The Bertz CT molecular complexity index is 633. The zero-order valence-corrected chi connectivity index (χ0v) is 13.0.